The lowest BCUT2D eigenvalue weighted by atomic mass is 10.1. The third-order valence-electron chi connectivity index (χ3n) is 4.73. The number of pyridine rings is 1. The van der Waals surface area contributed by atoms with Crippen molar-refractivity contribution in [2.75, 3.05) is 5.32 Å². The number of fused-ring (bicyclic) bond motifs is 2. The molecule has 142 valence electrons. The number of aromatic hydroxyl groups is 1. The van der Waals surface area contributed by atoms with E-state index in [9.17, 15) is 5.11 Å². The SMILES string of the molecule is Oc1[nH]c2cnc(NCc3ccc(Br)cc3)nc2c1-c1ccc2ccccc2n1. The van der Waals surface area contributed by atoms with E-state index in [4.69, 9.17) is 4.98 Å². The quantitative estimate of drug-likeness (QED) is 0.351. The van der Waals surface area contributed by atoms with Gasteiger partial charge in [0, 0.05) is 16.4 Å². The molecule has 3 N–H and O–H groups in total. The fraction of sp³-hybridized carbons (Fsp3) is 0.0455. The van der Waals surface area contributed by atoms with Crippen LogP contribution in [0.15, 0.2) is 71.3 Å². The first kappa shape index (κ1) is 17.6. The predicted molar refractivity (Wildman–Crippen MR) is 118 cm³/mol. The predicted octanol–water partition coefficient (Wildman–Crippen LogP) is 5.25. The van der Waals surface area contributed by atoms with E-state index in [0.717, 1.165) is 20.9 Å². The summed E-state index contributed by atoms with van der Waals surface area (Å²) in [4.78, 5) is 16.6. The maximum absolute atomic E-state index is 10.5. The van der Waals surface area contributed by atoms with Gasteiger partial charge in [0.25, 0.3) is 0 Å². The molecule has 0 aliphatic rings. The van der Waals surface area contributed by atoms with Crippen LogP contribution in [0.5, 0.6) is 5.88 Å². The van der Waals surface area contributed by atoms with E-state index in [2.05, 4.69) is 36.2 Å². The highest BCUT2D eigenvalue weighted by atomic mass is 79.9. The van der Waals surface area contributed by atoms with Gasteiger partial charge in [0.1, 0.15) is 5.52 Å². The van der Waals surface area contributed by atoms with Crippen LogP contribution in [0.3, 0.4) is 0 Å². The van der Waals surface area contributed by atoms with E-state index < -0.39 is 0 Å². The van der Waals surface area contributed by atoms with Crippen LogP contribution in [0.25, 0.3) is 33.2 Å². The first-order chi connectivity index (χ1) is 14.2. The minimum Gasteiger partial charge on any atom is -0.494 e. The van der Waals surface area contributed by atoms with Crippen molar-refractivity contribution in [3.63, 3.8) is 0 Å². The van der Waals surface area contributed by atoms with Crippen LogP contribution in [0, 0.1) is 0 Å². The van der Waals surface area contributed by atoms with E-state index >= 15 is 0 Å². The van der Waals surface area contributed by atoms with Crippen molar-refractivity contribution >= 4 is 43.8 Å². The van der Waals surface area contributed by atoms with Crippen LogP contribution in [-0.2, 0) is 6.54 Å². The number of aromatic amines is 1. The molecule has 7 heteroatoms. The second kappa shape index (κ2) is 7.18. The fourth-order valence-corrected chi connectivity index (χ4v) is 3.55. The maximum Gasteiger partial charge on any atom is 0.223 e. The van der Waals surface area contributed by atoms with Gasteiger partial charge in [0.05, 0.1) is 28.5 Å². The highest BCUT2D eigenvalue weighted by Crippen LogP contribution is 2.35. The van der Waals surface area contributed by atoms with Crippen LogP contribution < -0.4 is 5.32 Å². The van der Waals surface area contributed by atoms with Crippen LogP contribution in [0.2, 0.25) is 0 Å². The number of para-hydroxylation sites is 1. The van der Waals surface area contributed by atoms with Gasteiger partial charge in [0.15, 0.2) is 0 Å². The molecule has 29 heavy (non-hydrogen) atoms. The van der Waals surface area contributed by atoms with Crippen molar-refractivity contribution in [1.82, 2.24) is 19.9 Å². The summed E-state index contributed by atoms with van der Waals surface area (Å²) in [7, 11) is 0. The number of hydrogen-bond donors (Lipinski definition) is 3. The first-order valence-electron chi connectivity index (χ1n) is 9.09. The summed E-state index contributed by atoms with van der Waals surface area (Å²) in [5.41, 5.74) is 4.48. The molecule has 0 spiro atoms. The normalized spacial score (nSPS) is 11.2. The number of H-pyrrole nitrogens is 1. The molecule has 0 bridgehead atoms. The maximum atomic E-state index is 10.5. The van der Waals surface area contributed by atoms with Crippen molar-refractivity contribution in [1.29, 1.82) is 0 Å². The summed E-state index contributed by atoms with van der Waals surface area (Å²) >= 11 is 3.44. The molecule has 0 saturated carbocycles. The third kappa shape index (κ3) is 3.40. The number of halogens is 1. The number of rotatable bonds is 4. The highest BCUT2D eigenvalue weighted by Gasteiger charge is 2.17. The van der Waals surface area contributed by atoms with Crippen LogP contribution in [0.4, 0.5) is 5.95 Å². The molecule has 0 aliphatic heterocycles. The van der Waals surface area contributed by atoms with Crippen molar-refractivity contribution < 1.29 is 5.11 Å². The molecular formula is C22H16BrN5O. The monoisotopic (exact) mass is 445 g/mol. The average molecular weight is 446 g/mol. The smallest absolute Gasteiger partial charge is 0.223 e. The molecule has 5 rings (SSSR count). The van der Waals surface area contributed by atoms with Gasteiger partial charge in [-0.2, -0.15) is 0 Å². The molecule has 0 aliphatic carbocycles. The van der Waals surface area contributed by atoms with E-state index in [-0.39, 0.29) is 5.88 Å². The molecular weight excluding hydrogens is 430 g/mol. The Labute approximate surface area is 174 Å². The summed E-state index contributed by atoms with van der Waals surface area (Å²) < 4.78 is 1.04. The Bertz CT molecular complexity index is 1330. The van der Waals surface area contributed by atoms with E-state index in [1.165, 1.54) is 0 Å². The molecule has 0 atom stereocenters. The summed E-state index contributed by atoms with van der Waals surface area (Å²) in [5, 5.41) is 14.8. The van der Waals surface area contributed by atoms with Crippen molar-refractivity contribution in [2.24, 2.45) is 0 Å². The van der Waals surface area contributed by atoms with E-state index in [1.54, 1.807) is 6.20 Å². The second-order valence-corrected chi connectivity index (χ2v) is 7.59. The van der Waals surface area contributed by atoms with Gasteiger partial charge in [0.2, 0.25) is 11.8 Å². The molecule has 5 aromatic rings. The zero-order valence-corrected chi connectivity index (χ0v) is 16.8. The lowest BCUT2D eigenvalue weighted by Gasteiger charge is -2.06. The Morgan fingerprint density at radius 2 is 1.79 bits per heavy atom. The summed E-state index contributed by atoms with van der Waals surface area (Å²) in [6, 6.07) is 19.8. The zero-order chi connectivity index (χ0) is 19.8. The molecule has 3 heterocycles. The molecule has 0 unspecified atom stereocenters. The molecule has 0 amide bonds. The number of nitrogens with zero attached hydrogens (tertiary/aromatic N) is 3. The Hall–Kier alpha value is -3.45. The highest BCUT2D eigenvalue weighted by molar-refractivity contribution is 9.10. The van der Waals surface area contributed by atoms with Crippen LogP contribution in [-0.4, -0.2) is 25.0 Å². The summed E-state index contributed by atoms with van der Waals surface area (Å²) in [5.74, 6) is 0.517. The van der Waals surface area contributed by atoms with Crippen molar-refractivity contribution in [3.8, 4) is 17.1 Å². The van der Waals surface area contributed by atoms with E-state index in [1.807, 2.05) is 60.7 Å². The minimum absolute atomic E-state index is 0.0298. The molecule has 6 nitrogen and oxygen atoms in total. The third-order valence-corrected chi connectivity index (χ3v) is 5.26. The van der Waals surface area contributed by atoms with E-state index in [0.29, 0.717) is 34.8 Å². The number of nitrogens with one attached hydrogen (secondary N) is 2. The summed E-state index contributed by atoms with van der Waals surface area (Å²) in [6.45, 7) is 0.596. The number of anilines is 1. The van der Waals surface area contributed by atoms with Gasteiger partial charge in [-0.1, -0.05) is 52.3 Å². The standard InChI is InChI=1S/C22H16BrN5O/c23-15-8-5-13(6-9-15)11-24-22-25-12-18-20(28-22)19(21(29)27-18)17-10-7-14-3-1-2-4-16(14)26-17/h1-10,12,27,29H,11H2,(H,24,25,28). The van der Waals surface area contributed by atoms with Gasteiger partial charge < -0.3 is 15.4 Å². The van der Waals surface area contributed by atoms with Gasteiger partial charge in [-0.25, -0.2) is 15.0 Å². The lowest BCUT2D eigenvalue weighted by Crippen LogP contribution is -2.03. The Kier molecular flexibility index (Phi) is 4.37. The number of aromatic nitrogens is 4. The average Bonchev–Trinajstić information content (AvgIpc) is 3.08. The fourth-order valence-electron chi connectivity index (χ4n) is 3.28. The van der Waals surface area contributed by atoms with Gasteiger partial charge in [-0.15, -0.1) is 0 Å². The zero-order valence-electron chi connectivity index (χ0n) is 15.2. The minimum atomic E-state index is 0.0298. The second-order valence-electron chi connectivity index (χ2n) is 6.67. The molecule has 0 saturated heterocycles. The molecule has 0 fully saturated rings. The number of hydrogen-bond acceptors (Lipinski definition) is 5. The van der Waals surface area contributed by atoms with Crippen LogP contribution >= 0.6 is 15.9 Å². The first-order valence-corrected chi connectivity index (χ1v) is 9.89. The Morgan fingerprint density at radius 3 is 2.66 bits per heavy atom. The molecule has 0 radical (unpaired) electrons. The molecule has 3 aromatic heterocycles. The molecule has 2 aromatic carbocycles. The lowest BCUT2D eigenvalue weighted by molar-refractivity contribution is 0.460. The van der Waals surface area contributed by atoms with Crippen molar-refractivity contribution in [2.45, 2.75) is 6.54 Å². The van der Waals surface area contributed by atoms with Crippen molar-refractivity contribution in [3.05, 3.63) is 76.9 Å². The van der Waals surface area contributed by atoms with Gasteiger partial charge in [-0.05, 0) is 29.8 Å². The topological polar surface area (TPSA) is 86.7 Å². The Balaban J connectivity index is 1.52. The summed E-state index contributed by atoms with van der Waals surface area (Å²) in [6.07, 6.45) is 1.66. The largest absolute Gasteiger partial charge is 0.494 e. The Morgan fingerprint density at radius 1 is 0.966 bits per heavy atom. The van der Waals surface area contributed by atoms with Gasteiger partial charge >= 0.3 is 0 Å². The van der Waals surface area contributed by atoms with Gasteiger partial charge in [-0.3, -0.25) is 0 Å². The number of benzene rings is 2. The van der Waals surface area contributed by atoms with Crippen LogP contribution in [0.1, 0.15) is 5.56 Å².